The van der Waals surface area contributed by atoms with Crippen molar-refractivity contribution in [2.75, 3.05) is 13.1 Å². The van der Waals surface area contributed by atoms with Gasteiger partial charge in [-0.2, -0.15) is 0 Å². The number of hydrogen-bond donors (Lipinski definition) is 2. The third-order valence-electron chi connectivity index (χ3n) is 4.99. The smallest absolute Gasteiger partial charge is 0.423 e. The van der Waals surface area contributed by atoms with Crippen LogP contribution in [0.3, 0.4) is 0 Å². The Hall–Kier alpha value is -2.22. The largest absolute Gasteiger partial charge is 0.491 e. The lowest BCUT2D eigenvalue weighted by molar-refractivity contribution is 0.0933. The summed E-state index contributed by atoms with van der Waals surface area (Å²) in [5.41, 5.74) is 2.24. The predicted molar refractivity (Wildman–Crippen MR) is 96.4 cm³/mol. The minimum Gasteiger partial charge on any atom is -0.423 e. The number of nitrogens with zero attached hydrogens (tertiary/aromatic N) is 1. The third-order valence-corrected chi connectivity index (χ3v) is 4.99. The van der Waals surface area contributed by atoms with Gasteiger partial charge in [0, 0.05) is 25.7 Å². The molecule has 0 bridgehead atoms. The van der Waals surface area contributed by atoms with Crippen LogP contribution in [-0.2, 0) is 17.8 Å². The van der Waals surface area contributed by atoms with Gasteiger partial charge < -0.3 is 15.0 Å². The van der Waals surface area contributed by atoms with Gasteiger partial charge in [-0.05, 0) is 35.1 Å². The second-order valence-electron chi connectivity index (χ2n) is 6.87. The van der Waals surface area contributed by atoms with Crippen molar-refractivity contribution in [3.05, 3.63) is 65.0 Å². The predicted octanol–water partition coefficient (Wildman–Crippen LogP) is 1.05. The summed E-state index contributed by atoms with van der Waals surface area (Å²) in [5, 5.41) is 12.7. The third kappa shape index (κ3) is 3.51. The molecule has 1 saturated heterocycles. The lowest BCUT2D eigenvalue weighted by atomic mass is 9.78. The topological polar surface area (TPSA) is 61.8 Å². The van der Waals surface area contributed by atoms with Crippen molar-refractivity contribution < 1.29 is 18.9 Å². The molecule has 1 amide bonds. The van der Waals surface area contributed by atoms with E-state index in [1.165, 1.54) is 17.7 Å². The van der Waals surface area contributed by atoms with Crippen molar-refractivity contribution in [2.45, 2.75) is 25.6 Å². The van der Waals surface area contributed by atoms with Gasteiger partial charge in [0.05, 0.1) is 12.2 Å². The number of carbonyl (C=O) groups excluding carboxylic acids is 1. The normalized spacial score (nSPS) is 19.6. The van der Waals surface area contributed by atoms with Crippen molar-refractivity contribution in [3.8, 4) is 0 Å². The highest BCUT2D eigenvalue weighted by Gasteiger charge is 2.31. The fourth-order valence-electron chi connectivity index (χ4n) is 3.62. The standard InChI is InChI=1S/C19H20BFN2O3/c21-18-8-14-12-26-20(25)17(14)9-16(18)19(24)22-15-6-7-23(11-15)10-13-4-2-1-3-5-13/h1-5,8-9,15,25H,6-7,10-12H2,(H,22,24). The van der Waals surface area contributed by atoms with Crippen molar-refractivity contribution >= 4 is 18.5 Å². The minimum atomic E-state index is -1.09. The highest BCUT2D eigenvalue weighted by Crippen LogP contribution is 2.17. The van der Waals surface area contributed by atoms with Crippen LogP contribution in [0, 0.1) is 5.82 Å². The first kappa shape index (κ1) is 17.2. The maximum absolute atomic E-state index is 14.3. The fourth-order valence-corrected chi connectivity index (χ4v) is 3.62. The summed E-state index contributed by atoms with van der Waals surface area (Å²) in [6.07, 6.45) is 0.830. The monoisotopic (exact) mass is 354 g/mol. The number of carbonyl (C=O) groups is 1. The molecule has 2 N–H and O–H groups in total. The molecule has 2 aliphatic rings. The van der Waals surface area contributed by atoms with Crippen LogP contribution in [0.2, 0.25) is 0 Å². The first-order valence-corrected chi connectivity index (χ1v) is 8.79. The highest BCUT2D eigenvalue weighted by molar-refractivity contribution is 6.61. The number of hydrogen-bond acceptors (Lipinski definition) is 4. The average molecular weight is 354 g/mol. The molecule has 0 aliphatic carbocycles. The maximum Gasteiger partial charge on any atom is 0.491 e. The van der Waals surface area contributed by atoms with Crippen LogP contribution in [0.25, 0.3) is 0 Å². The molecule has 26 heavy (non-hydrogen) atoms. The molecule has 0 radical (unpaired) electrons. The summed E-state index contributed by atoms with van der Waals surface area (Å²) in [6, 6.07) is 12.8. The Morgan fingerprint density at radius 1 is 1.35 bits per heavy atom. The number of fused-ring (bicyclic) bond motifs is 1. The Bertz CT molecular complexity index is 818. The Morgan fingerprint density at radius 3 is 2.96 bits per heavy atom. The fraction of sp³-hybridized carbons (Fsp3) is 0.316. The van der Waals surface area contributed by atoms with Crippen LogP contribution < -0.4 is 10.8 Å². The van der Waals surface area contributed by atoms with E-state index >= 15 is 0 Å². The van der Waals surface area contributed by atoms with E-state index in [4.69, 9.17) is 4.65 Å². The molecule has 2 aromatic carbocycles. The van der Waals surface area contributed by atoms with Crippen molar-refractivity contribution in [2.24, 2.45) is 0 Å². The number of halogens is 1. The van der Waals surface area contributed by atoms with E-state index in [0.29, 0.717) is 11.0 Å². The van der Waals surface area contributed by atoms with Gasteiger partial charge >= 0.3 is 7.12 Å². The first-order chi connectivity index (χ1) is 12.6. The van der Waals surface area contributed by atoms with E-state index in [9.17, 15) is 14.2 Å². The van der Waals surface area contributed by atoms with Crippen molar-refractivity contribution in [1.82, 2.24) is 10.2 Å². The highest BCUT2D eigenvalue weighted by atomic mass is 19.1. The van der Waals surface area contributed by atoms with E-state index in [0.717, 1.165) is 26.1 Å². The van der Waals surface area contributed by atoms with Gasteiger partial charge in [-0.25, -0.2) is 4.39 Å². The van der Waals surface area contributed by atoms with E-state index in [2.05, 4.69) is 22.3 Å². The summed E-state index contributed by atoms with van der Waals surface area (Å²) < 4.78 is 19.3. The van der Waals surface area contributed by atoms with Crippen LogP contribution in [0.1, 0.15) is 27.9 Å². The molecule has 0 saturated carbocycles. The molecule has 7 heteroatoms. The second-order valence-corrected chi connectivity index (χ2v) is 6.87. The summed E-state index contributed by atoms with van der Waals surface area (Å²) in [5.74, 6) is -1.03. The lowest BCUT2D eigenvalue weighted by Gasteiger charge is -2.17. The van der Waals surface area contributed by atoms with Gasteiger partial charge in [-0.15, -0.1) is 0 Å². The molecule has 5 nitrogen and oxygen atoms in total. The van der Waals surface area contributed by atoms with Crippen LogP contribution in [0.5, 0.6) is 0 Å². The lowest BCUT2D eigenvalue weighted by Crippen LogP contribution is -2.38. The van der Waals surface area contributed by atoms with Crippen LogP contribution in [0.4, 0.5) is 4.39 Å². The molecule has 1 unspecified atom stereocenters. The molecule has 2 aromatic rings. The zero-order chi connectivity index (χ0) is 18.1. The molecule has 1 fully saturated rings. The number of likely N-dealkylation sites (tertiary alicyclic amines) is 1. The van der Waals surface area contributed by atoms with Crippen molar-refractivity contribution in [1.29, 1.82) is 0 Å². The first-order valence-electron chi connectivity index (χ1n) is 8.79. The van der Waals surface area contributed by atoms with E-state index in [1.807, 2.05) is 18.2 Å². The van der Waals surface area contributed by atoms with Gasteiger partial charge in [0.1, 0.15) is 5.82 Å². The van der Waals surface area contributed by atoms with Crippen LogP contribution in [0.15, 0.2) is 42.5 Å². The molecule has 0 aromatic heterocycles. The average Bonchev–Trinajstić information content (AvgIpc) is 3.21. The Balaban J connectivity index is 1.39. The zero-order valence-electron chi connectivity index (χ0n) is 14.3. The summed E-state index contributed by atoms with van der Waals surface area (Å²) in [4.78, 5) is 14.8. The maximum atomic E-state index is 14.3. The summed E-state index contributed by atoms with van der Waals surface area (Å²) >= 11 is 0. The number of amides is 1. The van der Waals surface area contributed by atoms with E-state index in [-0.39, 0.29) is 18.2 Å². The van der Waals surface area contributed by atoms with Gasteiger partial charge in [-0.3, -0.25) is 9.69 Å². The van der Waals surface area contributed by atoms with E-state index < -0.39 is 18.8 Å². The zero-order valence-corrected chi connectivity index (χ0v) is 14.3. The number of benzene rings is 2. The Kier molecular flexibility index (Phi) is 4.76. The molecule has 134 valence electrons. The molecular formula is C19H20BFN2O3. The molecule has 0 spiro atoms. The molecule has 1 atom stereocenters. The molecule has 4 rings (SSSR count). The van der Waals surface area contributed by atoms with Gasteiger partial charge in [0.25, 0.3) is 5.91 Å². The van der Waals surface area contributed by atoms with Crippen molar-refractivity contribution in [3.63, 3.8) is 0 Å². The van der Waals surface area contributed by atoms with Crippen LogP contribution >= 0.6 is 0 Å². The van der Waals surface area contributed by atoms with E-state index in [1.54, 1.807) is 0 Å². The summed E-state index contributed by atoms with van der Waals surface area (Å²) in [6.45, 7) is 2.62. The van der Waals surface area contributed by atoms with Gasteiger partial charge in [0.2, 0.25) is 0 Å². The number of rotatable bonds is 4. The molecule has 2 heterocycles. The Morgan fingerprint density at radius 2 is 2.15 bits per heavy atom. The van der Waals surface area contributed by atoms with Gasteiger partial charge in [0.15, 0.2) is 0 Å². The Labute approximate surface area is 151 Å². The van der Waals surface area contributed by atoms with Crippen LogP contribution in [-0.4, -0.2) is 42.1 Å². The second kappa shape index (κ2) is 7.19. The molecule has 2 aliphatic heterocycles. The summed E-state index contributed by atoms with van der Waals surface area (Å²) in [7, 11) is -1.09. The molecular weight excluding hydrogens is 334 g/mol. The minimum absolute atomic E-state index is 0.0139. The number of nitrogens with one attached hydrogen (secondary N) is 1. The SMILES string of the molecule is O=C(NC1CCN(Cc2ccccc2)C1)c1cc2c(cc1F)COB2O. The van der Waals surface area contributed by atoms with Gasteiger partial charge in [-0.1, -0.05) is 30.3 Å². The quantitative estimate of drug-likeness (QED) is 0.806.